The maximum Gasteiger partial charge on any atom is 0.246 e. The van der Waals surface area contributed by atoms with Gasteiger partial charge in [0.1, 0.15) is 0 Å². The van der Waals surface area contributed by atoms with Gasteiger partial charge in [-0.2, -0.15) is 0 Å². The van der Waals surface area contributed by atoms with E-state index < -0.39 is 0 Å². The molecule has 0 bridgehead atoms. The molecule has 1 rings (SSSR count). The zero-order valence-electron chi connectivity index (χ0n) is 19.9. The van der Waals surface area contributed by atoms with Gasteiger partial charge in [-0.05, 0) is 56.3 Å². The summed E-state index contributed by atoms with van der Waals surface area (Å²) < 4.78 is 0. The van der Waals surface area contributed by atoms with E-state index in [4.69, 9.17) is 0 Å². The van der Waals surface area contributed by atoms with Gasteiger partial charge in [0.25, 0.3) is 0 Å². The summed E-state index contributed by atoms with van der Waals surface area (Å²) in [6.07, 6.45) is 16.1. The average molecular weight is 392 g/mol. The molecule has 0 aromatic carbocycles. The van der Waals surface area contributed by atoms with E-state index in [0.717, 1.165) is 56.0 Å². The van der Waals surface area contributed by atoms with Gasteiger partial charge in [-0.25, -0.2) is 0 Å². The van der Waals surface area contributed by atoms with Crippen LogP contribution in [-0.2, 0) is 4.79 Å². The van der Waals surface area contributed by atoms with E-state index in [9.17, 15) is 4.79 Å². The smallest absolute Gasteiger partial charge is 0.246 e. The maximum atomic E-state index is 12.4. The van der Waals surface area contributed by atoms with Crippen LogP contribution in [0.15, 0.2) is 11.6 Å². The van der Waals surface area contributed by atoms with Crippen LogP contribution in [-0.4, -0.2) is 23.9 Å². The fourth-order valence-electron chi connectivity index (χ4n) is 4.31. The highest BCUT2D eigenvalue weighted by Crippen LogP contribution is 2.22. The first kappa shape index (κ1) is 25.2. The summed E-state index contributed by atoms with van der Waals surface area (Å²) in [5.74, 6) is 3.57. The molecule has 0 aliphatic carbocycles. The molecule has 0 aromatic heterocycles. The Bertz CT molecular complexity index is 445. The molecule has 1 fully saturated rings. The van der Waals surface area contributed by atoms with E-state index in [-0.39, 0.29) is 5.91 Å². The molecule has 2 atom stereocenters. The fraction of sp³-hybridized carbons (Fsp3) is 0.885. The van der Waals surface area contributed by atoms with Gasteiger partial charge in [0.15, 0.2) is 0 Å². The van der Waals surface area contributed by atoms with Crippen molar-refractivity contribution in [3.05, 3.63) is 11.6 Å². The van der Waals surface area contributed by atoms with E-state index >= 15 is 0 Å². The molecule has 0 aromatic rings. The third-order valence-electron chi connectivity index (χ3n) is 6.61. The Labute approximate surface area is 176 Å². The number of allylic oxidation sites excluding steroid dienone is 1. The van der Waals surface area contributed by atoms with Crippen molar-refractivity contribution in [2.24, 2.45) is 23.7 Å². The van der Waals surface area contributed by atoms with Crippen LogP contribution in [0.1, 0.15) is 112 Å². The lowest BCUT2D eigenvalue weighted by Gasteiger charge is -2.29. The first-order valence-corrected chi connectivity index (χ1v) is 12.2. The largest absolute Gasteiger partial charge is 0.339 e. The molecule has 1 aliphatic heterocycles. The zero-order chi connectivity index (χ0) is 20.9. The van der Waals surface area contributed by atoms with Crippen molar-refractivity contribution in [3.8, 4) is 0 Å². The Morgan fingerprint density at radius 2 is 1.39 bits per heavy atom. The summed E-state index contributed by atoms with van der Waals surface area (Å²) in [4.78, 5) is 14.4. The summed E-state index contributed by atoms with van der Waals surface area (Å²) >= 11 is 0. The van der Waals surface area contributed by atoms with Crippen molar-refractivity contribution in [3.63, 3.8) is 0 Å². The lowest BCUT2D eigenvalue weighted by Crippen LogP contribution is -2.37. The first-order chi connectivity index (χ1) is 13.3. The van der Waals surface area contributed by atoms with E-state index in [0.29, 0.717) is 0 Å². The normalized spacial score (nSPS) is 18.5. The molecule has 0 saturated carbocycles. The summed E-state index contributed by atoms with van der Waals surface area (Å²) in [5.41, 5.74) is 1.26. The predicted molar refractivity (Wildman–Crippen MR) is 123 cm³/mol. The highest BCUT2D eigenvalue weighted by atomic mass is 16.2. The fourth-order valence-corrected chi connectivity index (χ4v) is 4.31. The van der Waals surface area contributed by atoms with Gasteiger partial charge in [-0.1, -0.05) is 85.1 Å². The second-order valence-corrected chi connectivity index (χ2v) is 10.4. The average Bonchev–Trinajstić information content (AvgIpc) is 2.61. The van der Waals surface area contributed by atoms with Gasteiger partial charge in [-0.3, -0.25) is 4.79 Å². The molecule has 0 N–H and O–H groups in total. The lowest BCUT2D eigenvalue weighted by molar-refractivity contribution is -0.127. The van der Waals surface area contributed by atoms with Crippen LogP contribution in [0.3, 0.4) is 0 Å². The number of hydrogen-bond donors (Lipinski definition) is 0. The third-order valence-corrected chi connectivity index (χ3v) is 6.61. The minimum Gasteiger partial charge on any atom is -0.339 e. The molecule has 1 aliphatic rings. The molecular weight excluding hydrogens is 342 g/mol. The Morgan fingerprint density at radius 1 is 0.893 bits per heavy atom. The van der Waals surface area contributed by atoms with Gasteiger partial charge in [-0.15, -0.1) is 0 Å². The minimum atomic E-state index is 0.240. The van der Waals surface area contributed by atoms with Gasteiger partial charge in [0.2, 0.25) is 5.91 Å². The third kappa shape index (κ3) is 11.9. The Balaban J connectivity index is 2.11. The Kier molecular flexibility index (Phi) is 12.8. The van der Waals surface area contributed by atoms with E-state index in [2.05, 4.69) is 41.5 Å². The quantitative estimate of drug-likeness (QED) is 0.295. The monoisotopic (exact) mass is 391 g/mol. The maximum absolute atomic E-state index is 12.4. The minimum absolute atomic E-state index is 0.240. The number of carbonyl (C=O) groups is 1. The molecular formula is C26H49NO. The van der Waals surface area contributed by atoms with Gasteiger partial charge in [0, 0.05) is 19.2 Å². The van der Waals surface area contributed by atoms with Crippen LogP contribution in [0.5, 0.6) is 0 Å². The van der Waals surface area contributed by atoms with Crippen molar-refractivity contribution in [1.82, 2.24) is 4.90 Å². The number of likely N-dealkylation sites (tertiary alicyclic amines) is 1. The van der Waals surface area contributed by atoms with Crippen LogP contribution < -0.4 is 0 Å². The van der Waals surface area contributed by atoms with Crippen molar-refractivity contribution in [2.75, 3.05) is 13.1 Å². The van der Waals surface area contributed by atoms with E-state index in [1.54, 1.807) is 0 Å². The van der Waals surface area contributed by atoms with Crippen molar-refractivity contribution in [1.29, 1.82) is 0 Å². The van der Waals surface area contributed by atoms with Gasteiger partial charge < -0.3 is 4.90 Å². The summed E-state index contributed by atoms with van der Waals surface area (Å²) in [6.45, 7) is 15.8. The molecule has 164 valence electrons. The predicted octanol–water partition coefficient (Wildman–Crippen LogP) is 7.63. The number of hydrogen-bond acceptors (Lipinski definition) is 1. The molecule has 28 heavy (non-hydrogen) atoms. The number of nitrogens with zero attached hydrogens (tertiary/aromatic N) is 1. The molecule has 0 radical (unpaired) electrons. The second-order valence-electron chi connectivity index (χ2n) is 10.4. The van der Waals surface area contributed by atoms with Crippen LogP contribution in [0.2, 0.25) is 0 Å². The zero-order valence-corrected chi connectivity index (χ0v) is 19.9. The van der Waals surface area contributed by atoms with Crippen LogP contribution in [0, 0.1) is 23.7 Å². The second kappa shape index (κ2) is 14.2. The van der Waals surface area contributed by atoms with Crippen molar-refractivity contribution >= 4 is 5.91 Å². The molecule has 1 saturated heterocycles. The topological polar surface area (TPSA) is 20.3 Å². The Hall–Kier alpha value is -0.790. The van der Waals surface area contributed by atoms with E-state index in [1.165, 1.54) is 56.9 Å². The number of amides is 1. The van der Waals surface area contributed by atoms with Gasteiger partial charge in [0.05, 0.1) is 0 Å². The first-order valence-electron chi connectivity index (χ1n) is 12.2. The summed E-state index contributed by atoms with van der Waals surface area (Å²) in [7, 11) is 0. The molecule has 2 nitrogen and oxygen atoms in total. The highest BCUT2D eigenvalue weighted by Gasteiger charge is 2.18. The number of rotatable bonds is 13. The van der Waals surface area contributed by atoms with Gasteiger partial charge >= 0.3 is 0 Å². The number of carbonyl (C=O) groups excluding carboxylic acids is 1. The summed E-state index contributed by atoms with van der Waals surface area (Å²) in [6, 6.07) is 0. The van der Waals surface area contributed by atoms with Crippen LogP contribution >= 0.6 is 0 Å². The summed E-state index contributed by atoms with van der Waals surface area (Å²) in [5, 5.41) is 0. The molecule has 0 spiro atoms. The van der Waals surface area contributed by atoms with Crippen LogP contribution in [0.25, 0.3) is 0 Å². The SMILES string of the molecule is C/C(=C\C(=O)N1CCC(C)CC1)CCCC(C)CCCC(C)CCCC(C)C. The molecule has 2 unspecified atom stereocenters. The Morgan fingerprint density at radius 3 is 1.93 bits per heavy atom. The van der Waals surface area contributed by atoms with Crippen LogP contribution in [0.4, 0.5) is 0 Å². The number of piperidine rings is 1. The molecule has 1 heterocycles. The molecule has 2 heteroatoms. The van der Waals surface area contributed by atoms with Crippen molar-refractivity contribution in [2.45, 2.75) is 112 Å². The standard InChI is InChI=1S/C26H49NO/c1-21(2)10-7-11-22(3)12-8-13-23(4)14-9-15-25(6)20-26(28)27-18-16-24(5)17-19-27/h20-24H,7-19H2,1-6H3/b25-20+. The van der Waals surface area contributed by atoms with Crippen molar-refractivity contribution < 1.29 is 4.79 Å². The molecule has 1 amide bonds. The lowest BCUT2D eigenvalue weighted by atomic mass is 9.91. The highest BCUT2D eigenvalue weighted by molar-refractivity contribution is 5.88. The van der Waals surface area contributed by atoms with E-state index in [1.807, 2.05) is 11.0 Å².